The van der Waals surface area contributed by atoms with Crippen LogP contribution in [0.5, 0.6) is 0 Å². The summed E-state index contributed by atoms with van der Waals surface area (Å²) in [7, 11) is 1.94. The molecule has 0 bridgehead atoms. The number of amides is 3. The number of piperazine rings is 1. The molecule has 0 saturated carbocycles. The highest BCUT2D eigenvalue weighted by atomic mass is 16.6. The monoisotopic (exact) mass is 623 g/mol. The second kappa shape index (κ2) is 25.1. The zero-order valence-electron chi connectivity index (χ0n) is 28.8. The van der Waals surface area contributed by atoms with Crippen LogP contribution in [-0.4, -0.2) is 92.5 Å². The molecule has 3 amide bonds. The Balaban J connectivity index is 2.33. The molecule has 0 aromatic heterocycles. The highest BCUT2D eigenvalue weighted by molar-refractivity contribution is 5.87. The van der Waals surface area contributed by atoms with Crippen molar-refractivity contribution in [1.82, 2.24) is 31.1 Å². The Morgan fingerprint density at radius 1 is 0.773 bits per heavy atom. The van der Waals surface area contributed by atoms with E-state index in [2.05, 4.69) is 50.1 Å². The van der Waals surface area contributed by atoms with Crippen LogP contribution in [0.15, 0.2) is 12.2 Å². The molecule has 44 heavy (non-hydrogen) atoms. The lowest BCUT2D eigenvalue weighted by molar-refractivity contribution is -0.129. The van der Waals surface area contributed by atoms with Crippen LogP contribution in [0, 0.1) is 0 Å². The van der Waals surface area contributed by atoms with Gasteiger partial charge < -0.3 is 26.0 Å². The van der Waals surface area contributed by atoms with Crippen LogP contribution in [0.1, 0.15) is 124 Å². The molecule has 1 atom stereocenters. The Labute approximate surface area is 268 Å². The van der Waals surface area contributed by atoms with Crippen LogP contribution in [-0.2, 0) is 14.3 Å². The Morgan fingerprint density at radius 3 is 1.89 bits per heavy atom. The summed E-state index contributed by atoms with van der Waals surface area (Å²) in [6.07, 6.45) is 20.5. The van der Waals surface area contributed by atoms with Gasteiger partial charge in [-0.05, 0) is 66.3 Å². The number of carbonyl (C=O) groups is 3. The van der Waals surface area contributed by atoms with Gasteiger partial charge in [-0.1, -0.05) is 70.4 Å². The van der Waals surface area contributed by atoms with Crippen molar-refractivity contribution in [2.24, 2.45) is 0 Å². The molecule has 0 radical (unpaired) electrons. The van der Waals surface area contributed by atoms with Crippen LogP contribution in [0.2, 0.25) is 0 Å². The van der Waals surface area contributed by atoms with E-state index in [9.17, 15) is 14.4 Å². The van der Waals surface area contributed by atoms with Gasteiger partial charge >= 0.3 is 6.09 Å². The number of alkyl carbamates (subject to hydrolysis) is 1. The van der Waals surface area contributed by atoms with E-state index in [-0.39, 0.29) is 18.4 Å². The van der Waals surface area contributed by atoms with E-state index >= 15 is 0 Å². The molecule has 0 aromatic rings. The van der Waals surface area contributed by atoms with E-state index in [1.54, 1.807) is 20.8 Å². The van der Waals surface area contributed by atoms with Crippen molar-refractivity contribution in [3.8, 4) is 0 Å². The van der Waals surface area contributed by atoms with Gasteiger partial charge in [0.2, 0.25) is 11.8 Å². The number of nitrogens with one attached hydrogen (secondary N) is 4. The predicted molar refractivity (Wildman–Crippen MR) is 180 cm³/mol. The quantitative estimate of drug-likeness (QED) is 0.0854. The van der Waals surface area contributed by atoms with Gasteiger partial charge in [-0.15, -0.1) is 0 Å². The maximum Gasteiger partial charge on any atom is 0.407 e. The van der Waals surface area contributed by atoms with E-state index in [4.69, 9.17) is 4.74 Å². The lowest BCUT2D eigenvalue weighted by Crippen LogP contribution is -2.54. The molecule has 1 aliphatic heterocycles. The molecule has 1 saturated heterocycles. The maximum atomic E-state index is 13.1. The molecule has 0 spiro atoms. The van der Waals surface area contributed by atoms with Crippen molar-refractivity contribution >= 4 is 17.9 Å². The van der Waals surface area contributed by atoms with E-state index < -0.39 is 17.7 Å². The van der Waals surface area contributed by atoms with Gasteiger partial charge in [0.1, 0.15) is 11.6 Å². The summed E-state index contributed by atoms with van der Waals surface area (Å²) in [5.41, 5.74) is -0.601. The molecular weight excluding hydrogens is 556 g/mol. The fraction of sp³-hybridized carbons (Fsp3) is 0.853. The number of rotatable bonds is 24. The first-order valence-electron chi connectivity index (χ1n) is 17.4. The molecule has 1 heterocycles. The number of allylic oxidation sites excluding steroid dienone is 2. The predicted octanol–water partition coefficient (Wildman–Crippen LogP) is 5.29. The molecular formula is C34H66N6O4. The Bertz CT molecular complexity index is 793. The van der Waals surface area contributed by atoms with E-state index in [0.29, 0.717) is 19.5 Å². The molecule has 10 heteroatoms. The van der Waals surface area contributed by atoms with Crippen molar-refractivity contribution < 1.29 is 19.1 Å². The molecule has 0 aliphatic carbocycles. The molecule has 1 aliphatic rings. The van der Waals surface area contributed by atoms with Gasteiger partial charge in [0.05, 0.1) is 6.67 Å². The van der Waals surface area contributed by atoms with Crippen molar-refractivity contribution in [2.45, 2.75) is 136 Å². The van der Waals surface area contributed by atoms with Gasteiger partial charge in [-0.2, -0.15) is 0 Å². The second-order valence-corrected chi connectivity index (χ2v) is 13.1. The van der Waals surface area contributed by atoms with Gasteiger partial charge in [0, 0.05) is 45.8 Å². The van der Waals surface area contributed by atoms with Crippen LogP contribution in [0.3, 0.4) is 0 Å². The Kier molecular flexibility index (Phi) is 22.7. The summed E-state index contributed by atoms with van der Waals surface area (Å²) in [5.74, 6) is -0.354. The average molecular weight is 623 g/mol. The summed E-state index contributed by atoms with van der Waals surface area (Å²) < 4.78 is 5.29. The molecule has 0 unspecified atom stereocenters. The van der Waals surface area contributed by atoms with Crippen LogP contribution in [0.4, 0.5) is 4.79 Å². The zero-order chi connectivity index (χ0) is 32.5. The topological polar surface area (TPSA) is 115 Å². The molecule has 4 N–H and O–H groups in total. The fourth-order valence-corrected chi connectivity index (χ4v) is 5.17. The fourth-order valence-electron chi connectivity index (χ4n) is 5.17. The lowest BCUT2D eigenvalue weighted by Gasteiger charge is -2.34. The van der Waals surface area contributed by atoms with Gasteiger partial charge in [0.25, 0.3) is 0 Å². The van der Waals surface area contributed by atoms with E-state index in [1.165, 1.54) is 57.8 Å². The second-order valence-electron chi connectivity index (χ2n) is 13.1. The highest BCUT2D eigenvalue weighted by Crippen LogP contribution is 2.11. The zero-order valence-corrected chi connectivity index (χ0v) is 28.8. The van der Waals surface area contributed by atoms with Gasteiger partial charge in [-0.3, -0.25) is 19.4 Å². The summed E-state index contributed by atoms with van der Waals surface area (Å²) in [5, 5.41) is 11.8. The first-order valence-corrected chi connectivity index (χ1v) is 17.4. The number of hydrogen-bond acceptors (Lipinski definition) is 7. The third-order valence-electron chi connectivity index (χ3n) is 7.74. The first-order chi connectivity index (χ1) is 21.1. The smallest absolute Gasteiger partial charge is 0.407 e. The maximum absolute atomic E-state index is 13.1. The van der Waals surface area contributed by atoms with Crippen LogP contribution >= 0.6 is 0 Å². The van der Waals surface area contributed by atoms with E-state index in [1.807, 2.05) is 7.05 Å². The van der Waals surface area contributed by atoms with Gasteiger partial charge in [-0.25, -0.2) is 4.79 Å². The standard InChI is InChI=1S/C34H66N6O4/c1-6-7-8-9-10-11-12-13-14-15-16-17-18-19-20-21-31(41)38-30(22-23-36-33(43)44-34(2,3)4)32(42)37-29-40-26-24-39(25-27-40)28-35-5/h13-14,30,35H,6-12,15-29H2,1-5H3,(H,36,43)(H,37,42)(H,38,41)/b14-13-/t30-/m0/s1. The minimum absolute atomic E-state index is 0.124. The van der Waals surface area contributed by atoms with Crippen molar-refractivity contribution in [1.29, 1.82) is 0 Å². The summed E-state index contributed by atoms with van der Waals surface area (Å²) >= 11 is 0. The minimum Gasteiger partial charge on any atom is -0.444 e. The lowest BCUT2D eigenvalue weighted by atomic mass is 10.1. The first kappa shape index (κ1) is 39.9. The van der Waals surface area contributed by atoms with Crippen LogP contribution in [0.25, 0.3) is 0 Å². The summed E-state index contributed by atoms with van der Waals surface area (Å²) in [6, 6.07) is -0.717. The number of hydrogen-bond donors (Lipinski definition) is 4. The molecule has 1 rings (SSSR count). The van der Waals surface area contributed by atoms with Crippen LogP contribution < -0.4 is 21.3 Å². The van der Waals surface area contributed by atoms with Crippen molar-refractivity contribution in [3.05, 3.63) is 12.2 Å². The summed E-state index contributed by atoms with van der Waals surface area (Å²) in [4.78, 5) is 42.4. The summed E-state index contributed by atoms with van der Waals surface area (Å²) in [6.45, 7) is 12.8. The largest absolute Gasteiger partial charge is 0.444 e. The number of nitrogens with zero attached hydrogens (tertiary/aromatic N) is 2. The third-order valence-corrected chi connectivity index (χ3v) is 7.74. The third kappa shape index (κ3) is 22.4. The Hall–Kier alpha value is -2.17. The minimum atomic E-state index is -0.717. The molecule has 10 nitrogen and oxygen atoms in total. The number of unbranched alkanes of at least 4 members (excludes halogenated alkanes) is 11. The van der Waals surface area contributed by atoms with Crippen molar-refractivity contribution in [3.63, 3.8) is 0 Å². The SMILES string of the molecule is CCCCCCCC/C=C\CCCCCCCC(=O)N[C@@H](CCNC(=O)OC(C)(C)C)C(=O)NCN1CCN(CNC)CC1. The number of ether oxygens (including phenoxy) is 1. The average Bonchev–Trinajstić information content (AvgIpc) is 2.97. The normalized spacial score (nSPS) is 15.3. The molecule has 256 valence electrons. The number of carbonyl (C=O) groups excluding carboxylic acids is 3. The van der Waals surface area contributed by atoms with Crippen molar-refractivity contribution in [2.75, 3.05) is 53.1 Å². The molecule has 0 aromatic carbocycles. The van der Waals surface area contributed by atoms with Gasteiger partial charge in [0.15, 0.2) is 0 Å². The highest BCUT2D eigenvalue weighted by Gasteiger charge is 2.23. The molecule has 1 fully saturated rings. The van der Waals surface area contributed by atoms with E-state index in [0.717, 1.165) is 58.5 Å². The Morgan fingerprint density at radius 2 is 1.32 bits per heavy atom.